The van der Waals surface area contributed by atoms with Crippen molar-refractivity contribution in [2.75, 3.05) is 13.1 Å². The Kier molecular flexibility index (Phi) is 4.28. The maximum atomic E-state index is 12.7. The summed E-state index contributed by atoms with van der Waals surface area (Å²) in [5.41, 5.74) is 1.75. The first-order valence-electron chi connectivity index (χ1n) is 8.15. The third-order valence-electron chi connectivity index (χ3n) is 4.63. The number of nitrogens with one attached hydrogen (secondary N) is 1. The van der Waals surface area contributed by atoms with Gasteiger partial charge in [-0.15, -0.1) is 0 Å². The fourth-order valence-corrected chi connectivity index (χ4v) is 3.40. The molecule has 21 heavy (non-hydrogen) atoms. The highest BCUT2D eigenvalue weighted by atomic mass is 16.2. The summed E-state index contributed by atoms with van der Waals surface area (Å²) >= 11 is 0. The van der Waals surface area contributed by atoms with Gasteiger partial charge < -0.3 is 9.88 Å². The Morgan fingerprint density at radius 1 is 1.24 bits per heavy atom. The second-order valence-electron chi connectivity index (χ2n) is 6.12. The Hall–Kier alpha value is -1.77. The molecule has 1 aliphatic carbocycles. The van der Waals surface area contributed by atoms with Gasteiger partial charge in [-0.25, -0.2) is 0 Å². The first-order valence-corrected chi connectivity index (χ1v) is 8.15. The van der Waals surface area contributed by atoms with E-state index in [0.717, 1.165) is 24.0 Å². The monoisotopic (exact) mass is 284 g/mol. The minimum atomic E-state index is 0.138. The first-order chi connectivity index (χ1) is 10.3. The molecular formula is C18H24N2O. The lowest BCUT2D eigenvalue weighted by Crippen LogP contribution is -2.36. The van der Waals surface area contributed by atoms with Crippen molar-refractivity contribution >= 4 is 16.8 Å². The van der Waals surface area contributed by atoms with Crippen LogP contribution < -0.4 is 0 Å². The van der Waals surface area contributed by atoms with Crippen molar-refractivity contribution in [3.8, 4) is 0 Å². The number of fused-ring (bicyclic) bond motifs is 1. The van der Waals surface area contributed by atoms with Crippen molar-refractivity contribution in [1.82, 2.24) is 9.88 Å². The molecule has 0 atom stereocenters. The quantitative estimate of drug-likeness (QED) is 0.897. The number of aromatic amines is 1. The van der Waals surface area contributed by atoms with E-state index in [1.54, 1.807) is 0 Å². The second kappa shape index (κ2) is 6.33. The molecule has 0 aliphatic heterocycles. The van der Waals surface area contributed by atoms with E-state index in [0.29, 0.717) is 11.6 Å². The normalized spacial score (nSPS) is 16.2. The van der Waals surface area contributed by atoms with Gasteiger partial charge in [0.05, 0.1) is 0 Å². The third-order valence-corrected chi connectivity index (χ3v) is 4.63. The summed E-state index contributed by atoms with van der Waals surface area (Å²) in [7, 11) is 0. The Balaban J connectivity index is 1.74. The lowest BCUT2D eigenvalue weighted by Gasteiger charge is -2.28. The highest BCUT2D eigenvalue weighted by Gasteiger charge is 2.21. The van der Waals surface area contributed by atoms with Crippen LogP contribution in [0.1, 0.15) is 49.5 Å². The molecule has 0 bridgehead atoms. The predicted molar refractivity (Wildman–Crippen MR) is 86.5 cm³/mol. The van der Waals surface area contributed by atoms with Crippen molar-refractivity contribution in [3.05, 3.63) is 36.0 Å². The number of aromatic nitrogens is 1. The van der Waals surface area contributed by atoms with E-state index in [-0.39, 0.29) is 5.91 Å². The van der Waals surface area contributed by atoms with Gasteiger partial charge in [0.2, 0.25) is 0 Å². The van der Waals surface area contributed by atoms with Crippen LogP contribution >= 0.6 is 0 Å². The van der Waals surface area contributed by atoms with Crippen LogP contribution in [0.2, 0.25) is 0 Å². The number of amides is 1. The minimum Gasteiger partial charge on any atom is -0.351 e. The van der Waals surface area contributed by atoms with Crippen molar-refractivity contribution in [1.29, 1.82) is 0 Å². The number of carbonyl (C=O) groups excluding carboxylic acids is 1. The number of H-pyrrole nitrogens is 1. The Bertz CT molecular complexity index is 577. The van der Waals surface area contributed by atoms with Gasteiger partial charge in [-0.1, -0.05) is 37.5 Å². The highest BCUT2D eigenvalue weighted by Crippen LogP contribution is 2.25. The fraction of sp³-hybridized carbons (Fsp3) is 0.500. The summed E-state index contributed by atoms with van der Waals surface area (Å²) < 4.78 is 0. The van der Waals surface area contributed by atoms with Gasteiger partial charge in [-0.2, -0.15) is 0 Å². The Morgan fingerprint density at radius 2 is 2.00 bits per heavy atom. The lowest BCUT2D eigenvalue weighted by atomic mass is 9.89. The standard InChI is InChI=1S/C18H24N2O/c1-2-20(13-14-8-4-3-5-9-14)18(21)17-12-15-10-6-7-11-16(15)19-17/h6-7,10-12,14,19H,2-5,8-9,13H2,1H3. The fourth-order valence-electron chi connectivity index (χ4n) is 3.40. The van der Waals surface area contributed by atoms with Gasteiger partial charge in [0.1, 0.15) is 5.69 Å². The lowest BCUT2D eigenvalue weighted by molar-refractivity contribution is 0.0719. The number of benzene rings is 1. The second-order valence-corrected chi connectivity index (χ2v) is 6.12. The van der Waals surface area contributed by atoms with Crippen molar-refractivity contribution in [3.63, 3.8) is 0 Å². The average molecular weight is 284 g/mol. The molecule has 1 amide bonds. The van der Waals surface area contributed by atoms with E-state index in [1.165, 1.54) is 32.1 Å². The maximum Gasteiger partial charge on any atom is 0.270 e. The number of rotatable bonds is 4. The molecule has 1 aliphatic rings. The topological polar surface area (TPSA) is 36.1 Å². The van der Waals surface area contributed by atoms with E-state index in [2.05, 4.69) is 11.9 Å². The van der Waals surface area contributed by atoms with Crippen LogP contribution in [-0.2, 0) is 0 Å². The molecule has 1 N–H and O–H groups in total. The SMILES string of the molecule is CCN(CC1CCCCC1)C(=O)c1cc2ccccc2[nH]1. The van der Waals surface area contributed by atoms with Crippen molar-refractivity contribution < 1.29 is 4.79 Å². The molecule has 1 aromatic heterocycles. The van der Waals surface area contributed by atoms with Gasteiger partial charge in [0.15, 0.2) is 0 Å². The van der Waals surface area contributed by atoms with E-state index >= 15 is 0 Å². The molecule has 1 heterocycles. The summed E-state index contributed by atoms with van der Waals surface area (Å²) in [5, 5.41) is 1.11. The molecule has 3 heteroatoms. The highest BCUT2D eigenvalue weighted by molar-refractivity contribution is 5.98. The molecule has 0 radical (unpaired) electrons. The zero-order valence-corrected chi connectivity index (χ0v) is 12.8. The molecule has 1 fully saturated rings. The van der Waals surface area contributed by atoms with Crippen LogP contribution in [-0.4, -0.2) is 28.9 Å². The molecule has 1 aromatic carbocycles. The van der Waals surface area contributed by atoms with E-state index in [9.17, 15) is 4.79 Å². The summed E-state index contributed by atoms with van der Waals surface area (Å²) in [6.45, 7) is 3.76. The Labute approximate surface area is 126 Å². The van der Waals surface area contributed by atoms with E-state index in [4.69, 9.17) is 0 Å². The summed E-state index contributed by atoms with van der Waals surface area (Å²) in [4.78, 5) is 18.0. The molecule has 3 rings (SSSR count). The van der Waals surface area contributed by atoms with Crippen molar-refractivity contribution in [2.45, 2.75) is 39.0 Å². The van der Waals surface area contributed by atoms with Crippen LogP contribution in [0.5, 0.6) is 0 Å². The van der Waals surface area contributed by atoms with Gasteiger partial charge in [0.25, 0.3) is 5.91 Å². The van der Waals surface area contributed by atoms with Crippen LogP contribution in [0, 0.1) is 5.92 Å². The molecular weight excluding hydrogens is 260 g/mol. The summed E-state index contributed by atoms with van der Waals surface area (Å²) in [5.74, 6) is 0.825. The number of nitrogens with zero attached hydrogens (tertiary/aromatic N) is 1. The largest absolute Gasteiger partial charge is 0.351 e. The smallest absolute Gasteiger partial charge is 0.270 e. The molecule has 3 nitrogen and oxygen atoms in total. The zero-order chi connectivity index (χ0) is 14.7. The molecule has 1 saturated carbocycles. The molecule has 112 valence electrons. The Morgan fingerprint density at radius 3 is 2.71 bits per heavy atom. The molecule has 0 unspecified atom stereocenters. The van der Waals surface area contributed by atoms with E-state index in [1.807, 2.05) is 35.2 Å². The third kappa shape index (κ3) is 3.12. The molecule has 2 aromatic rings. The van der Waals surface area contributed by atoms with E-state index < -0.39 is 0 Å². The van der Waals surface area contributed by atoms with Crippen LogP contribution in [0.25, 0.3) is 10.9 Å². The summed E-state index contributed by atoms with van der Waals surface area (Å²) in [6.07, 6.45) is 6.55. The maximum absolute atomic E-state index is 12.7. The average Bonchev–Trinajstić information content (AvgIpc) is 2.97. The zero-order valence-electron chi connectivity index (χ0n) is 12.8. The summed E-state index contributed by atoms with van der Waals surface area (Å²) in [6, 6.07) is 10.0. The van der Waals surface area contributed by atoms with Gasteiger partial charge in [0, 0.05) is 24.0 Å². The van der Waals surface area contributed by atoms with Crippen LogP contribution in [0.15, 0.2) is 30.3 Å². The number of para-hydroxylation sites is 1. The molecule has 0 spiro atoms. The van der Waals surface area contributed by atoms with Crippen LogP contribution in [0.4, 0.5) is 0 Å². The van der Waals surface area contributed by atoms with Crippen molar-refractivity contribution in [2.24, 2.45) is 5.92 Å². The number of hydrogen-bond donors (Lipinski definition) is 1. The van der Waals surface area contributed by atoms with Crippen LogP contribution in [0.3, 0.4) is 0 Å². The van der Waals surface area contributed by atoms with Gasteiger partial charge >= 0.3 is 0 Å². The predicted octanol–water partition coefficient (Wildman–Crippen LogP) is 4.21. The number of hydrogen-bond acceptors (Lipinski definition) is 1. The van der Waals surface area contributed by atoms with Gasteiger partial charge in [-0.05, 0) is 37.8 Å². The molecule has 0 saturated heterocycles. The number of carbonyl (C=O) groups is 1. The van der Waals surface area contributed by atoms with Gasteiger partial charge in [-0.3, -0.25) is 4.79 Å². The first kappa shape index (κ1) is 14.2. The minimum absolute atomic E-state index is 0.138.